The normalized spacial score (nSPS) is 12.5. The van der Waals surface area contributed by atoms with Gasteiger partial charge in [0.15, 0.2) is 0 Å². The van der Waals surface area contributed by atoms with Gasteiger partial charge in [-0.25, -0.2) is 4.79 Å². The summed E-state index contributed by atoms with van der Waals surface area (Å²) in [4.78, 5) is 10.2. The predicted octanol–water partition coefficient (Wildman–Crippen LogP) is 3.04. The van der Waals surface area contributed by atoms with Gasteiger partial charge >= 0.3 is 6.16 Å². The third kappa shape index (κ3) is 6.01. The van der Waals surface area contributed by atoms with Crippen LogP contribution in [0.5, 0.6) is 0 Å². The van der Waals surface area contributed by atoms with Gasteiger partial charge in [0.25, 0.3) is 0 Å². The molecule has 0 fully saturated rings. The van der Waals surface area contributed by atoms with Crippen molar-refractivity contribution < 1.29 is 14.6 Å². The van der Waals surface area contributed by atoms with Crippen molar-refractivity contribution in [1.82, 2.24) is 0 Å². The SMILES string of the molecule is CCCCCC(CC)OC(=O)O. The molecule has 0 rings (SSSR count). The summed E-state index contributed by atoms with van der Waals surface area (Å²) in [5, 5.41) is 8.35. The monoisotopic (exact) mass is 174 g/mol. The van der Waals surface area contributed by atoms with E-state index < -0.39 is 6.16 Å². The maximum absolute atomic E-state index is 10.2. The van der Waals surface area contributed by atoms with Crippen LogP contribution < -0.4 is 0 Å². The van der Waals surface area contributed by atoms with Gasteiger partial charge in [0.2, 0.25) is 0 Å². The van der Waals surface area contributed by atoms with Crippen molar-refractivity contribution in [2.75, 3.05) is 0 Å². The van der Waals surface area contributed by atoms with Crippen LogP contribution in [-0.4, -0.2) is 17.4 Å². The number of carboxylic acid groups (broad SMARTS) is 1. The molecule has 3 heteroatoms. The first-order chi connectivity index (χ1) is 5.70. The summed E-state index contributed by atoms with van der Waals surface area (Å²) in [6, 6.07) is 0. The van der Waals surface area contributed by atoms with Gasteiger partial charge in [-0.05, 0) is 19.3 Å². The van der Waals surface area contributed by atoms with E-state index >= 15 is 0 Å². The minimum atomic E-state index is -1.15. The Kier molecular flexibility index (Phi) is 6.53. The molecular weight excluding hydrogens is 156 g/mol. The van der Waals surface area contributed by atoms with Crippen LogP contribution >= 0.6 is 0 Å². The fourth-order valence-electron chi connectivity index (χ4n) is 1.11. The molecule has 0 bridgehead atoms. The number of rotatable bonds is 6. The molecule has 0 radical (unpaired) electrons. The van der Waals surface area contributed by atoms with Crippen molar-refractivity contribution in [2.45, 2.75) is 52.1 Å². The summed E-state index contributed by atoms with van der Waals surface area (Å²) in [6.45, 7) is 4.07. The molecule has 0 aromatic rings. The summed E-state index contributed by atoms with van der Waals surface area (Å²) < 4.78 is 4.66. The number of hydrogen-bond donors (Lipinski definition) is 1. The Bertz CT molecular complexity index is 123. The lowest BCUT2D eigenvalue weighted by Gasteiger charge is -2.12. The van der Waals surface area contributed by atoms with Crippen molar-refractivity contribution in [3.8, 4) is 0 Å². The molecule has 0 heterocycles. The van der Waals surface area contributed by atoms with Crippen LogP contribution in [-0.2, 0) is 4.74 Å². The quantitative estimate of drug-likeness (QED) is 0.497. The van der Waals surface area contributed by atoms with Gasteiger partial charge in [-0.2, -0.15) is 0 Å². The van der Waals surface area contributed by atoms with Crippen LogP contribution in [0.25, 0.3) is 0 Å². The van der Waals surface area contributed by atoms with Crippen LogP contribution in [0.15, 0.2) is 0 Å². The Morgan fingerprint density at radius 1 is 1.42 bits per heavy atom. The molecule has 0 aliphatic carbocycles. The molecule has 0 aromatic carbocycles. The van der Waals surface area contributed by atoms with Crippen LogP contribution in [0, 0.1) is 0 Å². The minimum Gasteiger partial charge on any atom is -0.450 e. The third-order valence-electron chi connectivity index (χ3n) is 1.85. The van der Waals surface area contributed by atoms with Gasteiger partial charge in [0.05, 0.1) is 0 Å². The highest BCUT2D eigenvalue weighted by Crippen LogP contribution is 2.09. The third-order valence-corrected chi connectivity index (χ3v) is 1.85. The van der Waals surface area contributed by atoms with E-state index in [0.29, 0.717) is 0 Å². The molecule has 0 amide bonds. The Balaban J connectivity index is 3.46. The standard InChI is InChI=1S/C9H18O3/c1-3-5-6-7-8(4-2)12-9(10)11/h8H,3-7H2,1-2H3,(H,10,11). The molecule has 0 aliphatic rings. The van der Waals surface area contributed by atoms with Crippen molar-refractivity contribution >= 4 is 6.16 Å². The lowest BCUT2D eigenvalue weighted by molar-refractivity contribution is 0.0455. The number of carbonyl (C=O) groups is 1. The van der Waals surface area contributed by atoms with Crippen molar-refractivity contribution in [1.29, 1.82) is 0 Å². The minimum absolute atomic E-state index is 0.103. The van der Waals surface area contributed by atoms with E-state index in [1.807, 2.05) is 6.92 Å². The Labute approximate surface area is 73.7 Å². The molecular formula is C9H18O3. The van der Waals surface area contributed by atoms with Gasteiger partial charge in [0.1, 0.15) is 6.10 Å². The zero-order chi connectivity index (χ0) is 9.40. The maximum Gasteiger partial charge on any atom is 0.506 e. The molecule has 0 spiro atoms. The molecule has 3 nitrogen and oxygen atoms in total. The van der Waals surface area contributed by atoms with Gasteiger partial charge < -0.3 is 9.84 Å². The summed E-state index contributed by atoms with van der Waals surface area (Å²) in [7, 11) is 0. The topological polar surface area (TPSA) is 46.5 Å². The van der Waals surface area contributed by atoms with Crippen molar-refractivity contribution in [2.24, 2.45) is 0 Å². The van der Waals surface area contributed by atoms with E-state index in [2.05, 4.69) is 11.7 Å². The molecule has 0 aromatic heterocycles. The average molecular weight is 174 g/mol. The molecule has 1 atom stereocenters. The average Bonchev–Trinajstić information content (AvgIpc) is 2.02. The molecule has 1 N–H and O–H groups in total. The second-order valence-electron chi connectivity index (χ2n) is 2.91. The van der Waals surface area contributed by atoms with E-state index in [-0.39, 0.29) is 6.10 Å². The largest absolute Gasteiger partial charge is 0.506 e. The fourth-order valence-corrected chi connectivity index (χ4v) is 1.11. The molecule has 72 valence electrons. The van der Waals surface area contributed by atoms with Crippen molar-refractivity contribution in [3.05, 3.63) is 0 Å². The van der Waals surface area contributed by atoms with Gasteiger partial charge in [-0.3, -0.25) is 0 Å². The Hall–Kier alpha value is -0.730. The zero-order valence-corrected chi connectivity index (χ0v) is 7.88. The summed E-state index contributed by atoms with van der Waals surface area (Å²) in [6.07, 6.45) is 3.74. The maximum atomic E-state index is 10.2. The second-order valence-corrected chi connectivity index (χ2v) is 2.91. The predicted molar refractivity (Wildman–Crippen MR) is 47.3 cm³/mol. The number of ether oxygens (including phenoxy) is 1. The smallest absolute Gasteiger partial charge is 0.450 e. The molecule has 12 heavy (non-hydrogen) atoms. The van der Waals surface area contributed by atoms with Crippen LogP contribution in [0.2, 0.25) is 0 Å². The molecule has 0 saturated carbocycles. The van der Waals surface area contributed by atoms with E-state index in [9.17, 15) is 4.79 Å². The lowest BCUT2D eigenvalue weighted by Crippen LogP contribution is -2.15. The lowest BCUT2D eigenvalue weighted by atomic mass is 10.1. The summed E-state index contributed by atoms with van der Waals surface area (Å²) >= 11 is 0. The number of unbranched alkanes of at least 4 members (excludes halogenated alkanes) is 2. The summed E-state index contributed by atoms with van der Waals surface area (Å²) in [5.41, 5.74) is 0. The van der Waals surface area contributed by atoms with Gasteiger partial charge in [-0.1, -0.05) is 26.7 Å². The Morgan fingerprint density at radius 2 is 2.08 bits per heavy atom. The van der Waals surface area contributed by atoms with E-state index in [4.69, 9.17) is 5.11 Å². The molecule has 1 unspecified atom stereocenters. The van der Waals surface area contributed by atoms with E-state index in [0.717, 1.165) is 32.1 Å². The highest BCUT2D eigenvalue weighted by Gasteiger charge is 2.09. The van der Waals surface area contributed by atoms with E-state index in [1.165, 1.54) is 0 Å². The first-order valence-corrected chi connectivity index (χ1v) is 4.60. The van der Waals surface area contributed by atoms with E-state index in [1.54, 1.807) is 0 Å². The Morgan fingerprint density at radius 3 is 2.50 bits per heavy atom. The number of hydrogen-bond acceptors (Lipinski definition) is 2. The zero-order valence-electron chi connectivity index (χ0n) is 7.88. The van der Waals surface area contributed by atoms with Crippen LogP contribution in [0.1, 0.15) is 46.0 Å². The van der Waals surface area contributed by atoms with Crippen LogP contribution in [0.4, 0.5) is 4.79 Å². The highest BCUT2D eigenvalue weighted by atomic mass is 16.7. The van der Waals surface area contributed by atoms with Crippen LogP contribution in [0.3, 0.4) is 0 Å². The first kappa shape index (κ1) is 11.3. The molecule has 0 aliphatic heterocycles. The van der Waals surface area contributed by atoms with Gasteiger partial charge in [-0.15, -0.1) is 0 Å². The first-order valence-electron chi connectivity index (χ1n) is 4.60. The second kappa shape index (κ2) is 6.95. The summed E-state index contributed by atoms with van der Waals surface area (Å²) in [5.74, 6) is 0. The van der Waals surface area contributed by atoms with Crippen molar-refractivity contribution in [3.63, 3.8) is 0 Å². The van der Waals surface area contributed by atoms with Gasteiger partial charge in [0, 0.05) is 0 Å². The highest BCUT2D eigenvalue weighted by molar-refractivity contribution is 5.57. The fraction of sp³-hybridized carbons (Fsp3) is 0.889. The molecule has 0 saturated heterocycles.